The zero-order chi connectivity index (χ0) is 15.6. The number of nitrogens with two attached hydrogens (primary N) is 1. The molecule has 4 nitrogen and oxygen atoms in total. The van der Waals surface area contributed by atoms with Crippen molar-refractivity contribution in [3.63, 3.8) is 0 Å². The van der Waals surface area contributed by atoms with Crippen molar-refractivity contribution in [2.75, 3.05) is 6.54 Å². The molecule has 0 heterocycles. The maximum Gasteiger partial charge on any atom is 0.242 e. The van der Waals surface area contributed by atoms with Crippen molar-refractivity contribution in [1.82, 2.24) is 4.72 Å². The van der Waals surface area contributed by atoms with Gasteiger partial charge in [-0.3, -0.25) is 0 Å². The average molecular weight is 428 g/mol. The van der Waals surface area contributed by atoms with Gasteiger partial charge in [0.15, 0.2) is 0 Å². The monoisotopic (exact) mass is 426 g/mol. The number of nitrogens with one attached hydrogen (secondary N) is 1. The molecule has 1 aromatic rings. The smallest absolute Gasteiger partial charge is 0.242 e. The Labute approximate surface area is 137 Å². The molecule has 0 aliphatic heterocycles. The van der Waals surface area contributed by atoms with Gasteiger partial charge >= 0.3 is 0 Å². The van der Waals surface area contributed by atoms with E-state index in [1.54, 1.807) is 18.2 Å². The van der Waals surface area contributed by atoms with E-state index in [1.165, 1.54) is 0 Å². The fourth-order valence-corrected chi connectivity index (χ4v) is 5.31. The van der Waals surface area contributed by atoms with Crippen molar-refractivity contribution in [3.8, 4) is 0 Å². The Hall–Kier alpha value is 0.0500. The highest BCUT2D eigenvalue weighted by Gasteiger charge is 2.31. The van der Waals surface area contributed by atoms with Gasteiger partial charge in [0, 0.05) is 21.0 Å². The summed E-state index contributed by atoms with van der Waals surface area (Å²) < 4.78 is 29.1. The van der Waals surface area contributed by atoms with Gasteiger partial charge in [-0.05, 0) is 53.4 Å². The largest absolute Gasteiger partial charge is 0.329 e. The number of benzene rings is 1. The van der Waals surface area contributed by atoms with Gasteiger partial charge in [-0.1, -0.05) is 29.8 Å². The van der Waals surface area contributed by atoms with E-state index in [1.807, 2.05) is 20.8 Å². The molecule has 1 atom stereocenters. The van der Waals surface area contributed by atoms with Gasteiger partial charge in [0.2, 0.25) is 10.0 Å². The molecule has 0 aromatic heterocycles. The van der Waals surface area contributed by atoms with Crippen LogP contribution in [0.15, 0.2) is 32.0 Å². The Balaban J connectivity index is 3.10. The van der Waals surface area contributed by atoms with Crippen LogP contribution in [-0.2, 0) is 10.0 Å². The Bertz CT molecular complexity index is 576. The van der Waals surface area contributed by atoms with Crippen molar-refractivity contribution in [3.05, 3.63) is 27.1 Å². The molecule has 20 heavy (non-hydrogen) atoms. The molecule has 7 heteroatoms. The molecular formula is C13H20Br2N2O2S. The third-order valence-corrected chi connectivity index (χ3v) is 5.98. The van der Waals surface area contributed by atoms with Crippen LogP contribution in [-0.4, -0.2) is 20.5 Å². The number of hydrogen-bond acceptors (Lipinski definition) is 3. The molecule has 3 N–H and O–H groups in total. The number of hydrogen-bond donors (Lipinski definition) is 2. The quantitative estimate of drug-likeness (QED) is 0.731. The van der Waals surface area contributed by atoms with Gasteiger partial charge in [-0.15, -0.1) is 0 Å². The molecule has 1 rings (SSSR count). The fourth-order valence-electron chi connectivity index (χ4n) is 2.14. The third-order valence-electron chi connectivity index (χ3n) is 2.87. The Kier molecular flexibility index (Phi) is 6.22. The Morgan fingerprint density at radius 3 is 2.40 bits per heavy atom. The zero-order valence-corrected chi connectivity index (χ0v) is 15.8. The van der Waals surface area contributed by atoms with Gasteiger partial charge in [0.05, 0.1) is 4.90 Å². The molecule has 1 unspecified atom stereocenters. The standard InChI is InChI=1S/C13H20Br2N2O2S/c1-9(2)7-13(3,8-16)17-20(18,19)12-5-4-10(14)6-11(12)15/h4-6,9,17H,7-8,16H2,1-3H3. The van der Waals surface area contributed by atoms with Gasteiger partial charge in [-0.2, -0.15) is 0 Å². The van der Waals surface area contributed by atoms with E-state index in [0.717, 1.165) is 4.47 Å². The SMILES string of the molecule is CC(C)CC(C)(CN)NS(=O)(=O)c1ccc(Br)cc1Br. The van der Waals surface area contributed by atoms with Crippen LogP contribution >= 0.6 is 31.9 Å². The van der Waals surface area contributed by atoms with Crippen LogP contribution in [0.25, 0.3) is 0 Å². The highest BCUT2D eigenvalue weighted by Crippen LogP contribution is 2.27. The van der Waals surface area contributed by atoms with Gasteiger partial charge < -0.3 is 5.73 Å². The molecular weight excluding hydrogens is 408 g/mol. The fraction of sp³-hybridized carbons (Fsp3) is 0.538. The lowest BCUT2D eigenvalue weighted by atomic mass is 9.92. The van der Waals surface area contributed by atoms with Crippen LogP contribution in [0.5, 0.6) is 0 Å². The summed E-state index contributed by atoms with van der Waals surface area (Å²) in [5.41, 5.74) is 5.10. The van der Waals surface area contributed by atoms with Crippen molar-refractivity contribution in [1.29, 1.82) is 0 Å². The maximum absolute atomic E-state index is 12.5. The first-order valence-corrected chi connectivity index (χ1v) is 9.36. The Morgan fingerprint density at radius 2 is 1.95 bits per heavy atom. The van der Waals surface area contributed by atoms with Crippen LogP contribution in [0.1, 0.15) is 27.2 Å². The molecule has 0 spiro atoms. The van der Waals surface area contributed by atoms with E-state index in [4.69, 9.17) is 5.73 Å². The second-order valence-electron chi connectivity index (χ2n) is 5.54. The molecule has 0 bridgehead atoms. The average Bonchev–Trinajstić information content (AvgIpc) is 2.26. The van der Waals surface area contributed by atoms with Gasteiger partial charge in [0.25, 0.3) is 0 Å². The lowest BCUT2D eigenvalue weighted by Crippen LogP contribution is -2.52. The second-order valence-corrected chi connectivity index (χ2v) is 8.96. The van der Waals surface area contributed by atoms with E-state index in [9.17, 15) is 8.42 Å². The lowest BCUT2D eigenvalue weighted by Gasteiger charge is -2.31. The van der Waals surface area contributed by atoms with Gasteiger partial charge in [-0.25, -0.2) is 13.1 Å². The summed E-state index contributed by atoms with van der Waals surface area (Å²) in [5, 5.41) is 0. The van der Waals surface area contributed by atoms with Crippen LogP contribution in [0.3, 0.4) is 0 Å². The first-order valence-electron chi connectivity index (χ1n) is 6.29. The normalized spacial score (nSPS) is 15.3. The van der Waals surface area contributed by atoms with Crippen molar-refractivity contribution < 1.29 is 8.42 Å². The summed E-state index contributed by atoms with van der Waals surface area (Å²) in [6.45, 7) is 6.16. The molecule has 0 aliphatic rings. The summed E-state index contributed by atoms with van der Waals surface area (Å²) in [5.74, 6) is 0.347. The van der Waals surface area contributed by atoms with Crippen molar-refractivity contribution >= 4 is 41.9 Å². The van der Waals surface area contributed by atoms with Crippen LogP contribution in [0.4, 0.5) is 0 Å². The molecule has 1 aromatic carbocycles. The minimum absolute atomic E-state index is 0.212. The van der Waals surface area contributed by atoms with Crippen molar-refractivity contribution in [2.24, 2.45) is 11.7 Å². The predicted molar refractivity (Wildman–Crippen MR) is 89.1 cm³/mol. The molecule has 0 radical (unpaired) electrons. The van der Waals surface area contributed by atoms with E-state index in [0.29, 0.717) is 16.8 Å². The Morgan fingerprint density at radius 1 is 1.35 bits per heavy atom. The number of rotatable bonds is 6. The highest BCUT2D eigenvalue weighted by molar-refractivity contribution is 9.11. The summed E-state index contributed by atoms with van der Waals surface area (Å²) >= 11 is 6.59. The third kappa shape index (κ3) is 4.80. The molecule has 0 aliphatic carbocycles. The minimum atomic E-state index is -3.62. The lowest BCUT2D eigenvalue weighted by molar-refractivity contribution is 0.344. The molecule has 0 amide bonds. The van der Waals surface area contributed by atoms with Gasteiger partial charge in [0.1, 0.15) is 0 Å². The molecule has 0 saturated carbocycles. The zero-order valence-electron chi connectivity index (χ0n) is 11.8. The first-order chi connectivity index (χ1) is 9.09. The predicted octanol–water partition coefficient (Wildman–Crippen LogP) is 3.25. The maximum atomic E-state index is 12.5. The van der Waals surface area contributed by atoms with E-state index >= 15 is 0 Å². The second kappa shape index (κ2) is 6.87. The summed E-state index contributed by atoms with van der Waals surface area (Å²) in [6.07, 6.45) is 0.677. The summed E-state index contributed by atoms with van der Waals surface area (Å²) in [4.78, 5) is 0.212. The number of sulfonamides is 1. The summed E-state index contributed by atoms with van der Waals surface area (Å²) in [6, 6.07) is 4.96. The number of halogens is 2. The van der Waals surface area contributed by atoms with Crippen LogP contribution in [0, 0.1) is 5.92 Å². The van der Waals surface area contributed by atoms with E-state index < -0.39 is 15.6 Å². The molecule has 0 fully saturated rings. The van der Waals surface area contributed by atoms with E-state index in [2.05, 4.69) is 36.6 Å². The van der Waals surface area contributed by atoms with Crippen LogP contribution < -0.4 is 10.5 Å². The molecule has 0 saturated heterocycles. The van der Waals surface area contributed by atoms with Crippen molar-refractivity contribution in [2.45, 2.75) is 37.6 Å². The van der Waals surface area contributed by atoms with Crippen LogP contribution in [0.2, 0.25) is 0 Å². The highest BCUT2D eigenvalue weighted by atomic mass is 79.9. The summed E-state index contributed by atoms with van der Waals surface area (Å²) in [7, 11) is -3.62. The minimum Gasteiger partial charge on any atom is -0.329 e. The molecule has 114 valence electrons. The van der Waals surface area contributed by atoms with E-state index in [-0.39, 0.29) is 11.4 Å². The first kappa shape index (κ1) is 18.1. The topological polar surface area (TPSA) is 72.2 Å².